The van der Waals surface area contributed by atoms with Crippen molar-refractivity contribution >= 4 is 17.6 Å². The summed E-state index contributed by atoms with van der Waals surface area (Å²) >= 11 is 0. The number of nitrogens with zero attached hydrogens (tertiary/aromatic N) is 4. The van der Waals surface area contributed by atoms with Gasteiger partial charge in [0.05, 0.1) is 12.1 Å². The van der Waals surface area contributed by atoms with Crippen molar-refractivity contribution in [2.24, 2.45) is 0 Å². The van der Waals surface area contributed by atoms with Crippen LogP contribution < -0.4 is 5.32 Å². The second-order valence-corrected chi connectivity index (χ2v) is 7.08. The first-order valence-electron chi connectivity index (χ1n) is 9.31. The second kappa shape index (κ2) is 7.72. The van der Waals surface area contributed by atoms with Crippen molar-refractivity contribution < 1.29 is 9.90 Å². The number of hydrogen-bond acceptors (Lipinski definition) is 6. The summed E-state index contributed by atoms with van der Waals surface area (Å²) in [4.78, 5) is 28.3. The lowest BCUT2D eigenvalue weighted by atomic mass is 10.1. The molecule has 1 fully saturated rings. The van der Waals surface area contributed by atoms with Crippen molar-refractivity contribution in [2.75, 3.05) is 5.32 Å². The van der Waals surface area contributed by atoms with Gasteiger partial charge in [0.25, 0.3) is 0 Å². The smallest absolute Gasteiger partial charge is 0.303 e. The second-order valence-electron chi connectivity index (χ2n) is 7.08. The Morgan fingerprint density at radius 2 is 2.04 bits per heavy atom. The molecule has 4 rings (SSSR count). The van der Waals surface area contributed by atoms with Crippen LogP contribution >= 0.6 is 0 Å². The maximum atomic E-state index is 10.8. The summed E-state index contributed by atoms with van der Waals surface area (Å²) in [6.45, 7) is 2.02. The zero-order valence-electron chi connectivity index (χ0n) is 15.6. The lowest BCUT2D eigenvalue weighted by molar-refractivity contribution is -0.136. The Hall–Kier alpha value is -3.35. The molecule has 28 heavy (non-hydrogen) atoms. The molecule has 0 saturated heterocycles. The maximum absolute atomic E-state index is 10.8. The van der Waals surface area contributed by atoms with Crippen molar-refractivity contribution in [3.05, 3.63) is 59.8 Å². The van der Waals surface area contributed by atoms with Gasteiger partial charge in [-0.05, 0) is 55.7 Å². The zero-order valence-corrected chi connectivity index (χ0v) is 15.6. The van der Waals surface area contributed by atoms with Crippen molar-refractivity contribution in [1.82, 2.24) is 19.9 Å². The molecule has 1 saturated carbocycles. The molecule has 0 radical (unpaired) electrons. The van der Waals surface area contributed by atoms with E-state index in [1.807, 2.05) is 37.3 Å². The first-order chi connectivity index (χ1) is 13.6. The first kappa shape index (κ1) is 18.0. The summed E-state index contributed by atoms with van der Waals surface area (Å²) in [5.41, 5.74) is 5.44. The van der Waals surface area contributed by atoms with Crippen LogP contribution in [-0.2, 0) is 11.2 Å². The molecule has 3 aromatic rings. The maximum Gasteiger partial charge on any atom is 0.303 e. The molecule has 0 unspecified atom stereocenters. The molecule has 1 aliphatic carbocycles. The lowest BCUT2D eigenvalue weighted by Gasteiger charge is -2.10. The monoisotopic (exact) mass is 375 g/mol. The number of nitrogens with one attached hydrogen (secondary N) is 1. The Morgan fingerprint density at radius 3 is 2.82 bits per heavy atom. The van der Waals surface area contributed by atoms with Crippen LogP contribution in [0.15, 0.2) is 42.9 Å². The highest BCUT2D eigenvalue weighted by Crippen LogP contribution is 2.39. The highest BCUT2D eigenvalue weighted by atomic mass is 16.4. The number of aromatic nitrogens is 4. The van der Waals surface area contributed by atoms with E-state index in [1.165, 1.54) is 19.2 Å². The molecule has 7 heteroatoms. The molecule has 142 valence electrons. The van der Waals surface area contributed by atoms with Gasteiger partial charge in [0.1, 0.15) is 6.33 Å². The third-order valence-corrected chi connectivity index (χ3v) is 4.62. The molecule has 1 aliphatic rings. The lowest BCUT2D eigenvalue weighted by Crippen LogP contribution is -2.01. The summed E-state index contributed by atoms with van der Waals surface area (Å²) in [7, 11) is 0. The van der Waals surface area contributed by atoms with Gasteiger partial charge in [-0.25, -0.2) is 19.9 Å². The normalized spacial score (nSPS) is 13.3. The number of carboxylic acids is 1. The van der Waals surface area contributed by atoms with Crippen molar-refractivity contribution in [1.29, 1.82) is 0 Å². The standard InChI is InChI=1S/C21H21N5O2/c1-13-8-15(19-11-16(23-12-24-19)4-5-20(27)28)10-17(9-13)25-21-22-7-6-18(26-21)14-2-3-14/h6-12,14H,2-5H2,1H3,(H,27,28)(H,22,25,26). The van der Waals surface area contributed by atoms with Crippen LogP contribution in [0.5, 0.6) is 0 Å². The topological polar surface area (TPSA) is 101 Å². The third kappa shape index (κ3) is 4.49. The average Bonchev–Trinajstić information content (AvgIpc) is 3.52. The highest BCUT2D eigenvalue weighted by molar-refractivity contribution is 5.69. The number of anilines is 2. The van der Waals surface area contributed by atoms with Gasteiger partial charge >= 0.3 is 5.97 Å². The molecule has 1 aromatic carbocycles. The molecule has 2 N–H and O–H groups in total. The molecular weight excluding hydrogens is 354 g/mol. The van der Waals surface area contributed by atoms with Gasteiger partial charge in [0.2, 0.25) is 5.95 Å². The SMILES string of the molecule is Cc1cc(Nc2nccc(C3CC3)n2)cc(-c2cc(CCC(=O)O)ncn2)c1. The van der Waals surface area contributed by atoms with Crippen molar-refractivity contribution in [2.45, 2.75) is 38.5 Å². The number of carboxylic acid groups (broad SMARTS) is 1. The molecule has 0 atom stereocenters. The predicted molar refractivity (Wildman–Crippen MR) is 105 cm³/mol. The zero-order chi connectivity index (χ0) is 19.5. The van der Waals surface area contributed by atoms with E-state index in [1.54, 1.807) is 6.20 Å². The van der Waals surface area contributed by atoms with E-state index >= 15 is 0 Å². The van der Waals surface area contributed by atoms with Crippen LogP contribution in [0.3, 0.4) is 0 Å². The summed E-state index contributed by atoms with van der Waals surface area (Å²) in [6, 6.07) is 9.87. The number of aryl methyl sites for hydroxylation is 2. The number of rotatable bonds is 7. The molecule has 0 bridgehead atoms. The fraction of sp³-hybridized carbons (Fsp3) is 0.286. The van der Waals surface area contributed by atoms with Crippen LogP contribution in [0.25, 0.3) is 11.3 Å². The van der Waals surface area contributed by atoms with Gasteiger partial charge in [-0.2, -0.15) is 0 Å². The Labute approximate surface area is 162 Å². The molecule has 2 aromatic heterocycles. The van der Waals surface area contributed by atoms with E-state index < -0.39 is 5.97 Å². The van der Waals surface area contributed by atoms with Crippen LogP contribution in [-0.4, -0.2) is 31.0 Å². The van der Waals surface area contributed by atoms with E-state index in [0.29, 0.717) is 24.0 Å². The molecule has 2 heterocycles. The summed E-state index contributed by atoms with van der Waals surface area (Å²) < 4.78 is 0. The summed E-state index contributed by atoms with van der Waals surface area (Å²) in [5.74, 6) is 0.322. The van der Waals surface area contributed by atoms with Crippen molar-refractivity contribution in [3.8, 4) is 11.3 Å². The largest absolute Gasteiger partial charge is 0.481 e. The Morgan fingerprint density at radius 1 is 1.18 bits per heavy atom. The van der Waals surface area contributed by atoms with Crippen LogP contribution in [0.4, 0.5) is 11.6 Å². The number of aliphatic carboxylic acids is 1. The van der Waals surface area contributed by atoms with Crippen LogP contribution in [0.2, 0.25) is 0 Å². The minimum Gasteiger partial charge on any atom is -0.481 e. The third-order valence-electron chi connectivity index (χ3n) is 4.62. The van der Waals surface area contributed by atoms with Gasteiger partial charge in [0, 0.05) is 41.2 Å². The van der Waals surface area contributed by atoms with Crippen LogP contribution in [0.1, 0.15) is 42.1 Å². The van der Waals surface area contributed by atoms with E-state index in [2.05, 4.69) is 25.3 Å². The number of carbonyl (C=O) groups is 1. The Balaban J connectivity index is 1.58. The van der Waals surface area contributed by atoms with Gasteiger partial charge in [-0.1, -0.05) is 0 Å². The van der Waals surface area contributed by atoms with Gasteiger partial charge in [-0.15, -0.1) is 0 Å². The van der Waals surface area contributed by atoms with Gasteiger partial charge in [-0.3, -0.25) is 4.79 Å². The van der Waals surface area contributed by atoms with Gasteiger partial charge in [0.15, 0.2) is 0 Å². The molecule has 7 nitrogen and oxygen atoms in total. The average molecular weight is 375 g/mol. The molecule has 0 aliphatic heterocycles. The Kier molecular flexibility index (Phi) is 4.97. The minimum atomic E-state index is -0.837. The molecular formula is C21H21N5O2. The first-order valence-corrected chi connectivity index (χ1v) is 9.31. The van der Waals surface area contributed by atoms with E-state index in [0.717, 1.165) is 28.2 Å². The number of hydrogen-bond donors (Lipinski definition) is 2. The summed E-state index contributed by atoms with van der Waals surface area (Å²) in [6.07, 6.45) is 6.09. The fourth-order valence-corrected chi connectivity index (χ4v) is 3.10. The minimum absolute atomic E-state index is 0.0474. The fourth-order valence-electron chi connectivity index (χ4n) is 3.10. The van der Waals surface area contributed by atoms with E-state index in [4.69, 9.17) is 5.11 Å². The van der Waals surface area contributed by atoms with Crippen molar-refractivity contribution in [3.63, 3.8) is 0 Å². The highest BCUT2D eigenvalue weighted by Gasteiger charge is 2.25. The molecule has 0 amide bonds. The predicted octanol–water partition coefficient (Wildman–Crippen LogP) is 3.88. The Bertz CT molecular complexity index is 1020. The molecule has 0 spiro atoms. The summed E-state index contributed by atoms with van der Waals surface area (Å²) in [5, 5.41) is 12.2. The van der Waals surface area contributed by atoms with E-state index in [-0.39, 0.29) is 6.42 Å². The van der Waals surface area contributed by atoms with Gasteiger partial charge < -0.3 is 10.4 Å². The van der Waals surface area contributed by atoms with Crippen LogP contribution in [0, 0.1) is 6.92 Å². The van der Waals surface area contributed by atoms with E-state index in [9.17, 15) is 4.79 Å². The number of benzene rings is 1. The quantitative estimate of drug-likeness (QED) is 0.646.